The van der Waals surface area contributed by atoms with Crippen LogP contribution in [0.4, 0.5) is 0 Å². The number of hydrogen-bond donors (Lipinski definition) is 0. The van der Waals surface area contributed by atoms with Gasteiger partial charge in [0.15, 0.2) is 0 Å². The predicted molar refractivity (Wildman–Crippen MR) is 79.7 cm³/mol. The van der Waals surface area contributed by atoms with Crippen molar-refractivity contribution in [1.29, 1.82) is 5.26 Å². The third-order valence-electron chi connectivity index (χ3n) is 2.79. The molecule has 1 aromatic heterocycles. The molecule has 0 unspecified atom stereocenters. The van der Waals surface area contributed by atoms with Crippen molar-refractivity contribution in [2.24, 2.45) is 0 Å². The quantitative estimate of drug-likeness (QED) is 0.605. The number of nitrogens with zero attached hydrogens (tertiary/aromatic N) is 1. The first-order valence-corrected chi connectivity index (χ1v) is 7.07. The molecule has 0 aliphatic carbocycles. The summed E-state index contributed by atoms with van der Waals surface area (Å²) in [5.41, 5.74) is 1.71. The zero-order chi connectivity index (χ0) is 12.5. The predicted octanol–water partition coefficient (Wildman–Crippen LogP) is 5.20. The Balaban J connectivity index is 2.26. The smallest absolute Gasteiger partial charge is 0.0998 e. The molecule has 3 heteroatoms. The third kappa shape index (κ3) is 1.94. The number of rotatable bonds is 1. The molecule has 2 aromatic carbocycles. The van der Waals surface area contributed by atoms with Crippen LogP contribution in [0.1, 0.15) is 5.56 Å². The van der Waals surface area contributed by atoms with Gasteiger partial charge in [-0.25, -0.2) is 0 Å². The largest absolute Gasteiger partial charge is 0.192 e. The van der Waals surface area contributed by atoms with Crippen LogP contribution in [0, 0.1) is 11.3 Å². The molecule has 1 nitrogen and oxygen atoms in total. The minimum Gasteiger partial charge on any atom is -0.192 e. The molecule has 0 saturated heterocycles. The second kappa shape index (κ2) is 4.56. The molecule has 0 spiro atoms. The van der Waals surface area contributed by atoms with Gasteiger partial charge in [0.2, 0.25) is 0 Å². The van der Waals surface area contributed by atoms with Gasteiger partial charge in [0.25, 0.3) is 0 Å². The van der Waals surface area contributed by atoms with Crippen molar-refractivity contribution < 1.29 is 0 Å². The number of hydrogen-bond acceptors (Lipinski definition) is 2. The number of fused-ring (bicyclic) bond motifs is 1. The molecule has 0 N–H and O–H groups in total. The number of nitriles is 1. The first-order valence-electron chi connectivity index (χ1n) is 5.46. The minimum absolute atomic E-state index is 0.713. The molecule has 3 aromatic rings. The fraction of sp³-hybridized carbons (Fsp3) is 0. The maximum atomic E-state index is 9.18. The highest BCUT2D eigenvalue weighted by molar-refractivity contribution is 9.10. The summed E-state index contributed by atoms with van der Waals surface area (Å²) in [5, 5.41) is 10.4. The van der Waals surface area contributed by atoms with Gasteiger partial charge in [0.05, 0.1) is 11.6 Å². The maximum absolute atomic E-state index is 9.18. The van der Waals surface area contributed by atoms with Gasteiger partial charge in [-0.3, -0.25) is 0 Å². The molecule has 0 aliphatic heterocycles. The van der Waals surface area contributed by atoms with Crippen molar-refractivity contribution in [2.45, 2.75) is 0 Å². The first kappa shape index (κ1) is 11.5. The van der Waals surface area contributed by atoms with Gasteiger partial charge in [0, 0.05) is 19.6 Å². The van der Waals surface area contributed by atoms with Gasteiger partial charge in [-0.05, 0) is 35.7 Å². The standard InChI is InChI=1S/C15H8BrNS/c16-12-6-5-11(9-17)13(8-12)15-7-10-3-1-2-4-14(10)18-15/h1-8H. The van der Waals surface area contributed by atoms with E-state index in [1.54, 1.807) is 11.3 Å². The van der Waals surface area contributed by atoms with Crippen LogP contribution in [-0.2, 0) is 0 Å². The van der Waals surface area contributed by atoms with Crippen LogP contribution in [0.5, 0.6) is 0 Å². The lowest BCUT2D eigenvalue weighted by molar-refractivity contribution is 1.48. The van der Waals surface area contributed by atoms with E-state index in [1.807, 2.05) is 30.3 Å². The van der Waals surface area contributed by atoms with Crippen molar-refractivity contribution >= 4 is 37.4 Å². The Morgan fingerprint density at radius 3 is 2.67 bits per heavy atom. The first-order chi connectivity index (χ1) is 8.78. The molecular formula is C15H8BrNS. The molecule has 0 amide bonds. The molecule has 3 rings (SSSR count). The number of thiophene rings is 1. The van der Waals surface area contributed by atoms with Crippen LogP contribution in [0.3, 0.4) is 0 Å². The Morgan fingerprint density at radius 2 is 1.89 bits per heavy atom. The van der Waals surface area contributed by atoms with E-state index in [9.17, 15) is 5.26 Å². The highest BCUT2D eigenvalue weighted by Crippen LogP contribution is 2.36. The van der Waals surface area contributed by atoms with Crippen molar-refractivity contribution in [3.05, 3.63) is 58.6 Å². The molecule has 0 bridgehead atoms. The average Bonchev–Trinajstić information content (AvgIpc) is 2.82. The van der Waals surface area contributed by atoms with Crippen LogP contribution < -0.4 is 0 Å². The Hall–Kier alpha value is -1.63. The Kier molecular flexibility index (Phi) is 2.91. The fourth-order valence-electron chi connectivity index (χ4n) is 1.93. The number of halogens is 1. The summed E-state index contributed by atoms with van der Waals surface area (Å²) in [6.07, 6.45) is 0. The summed E-state index contributed by atoms with van der Waals surface area (Å²) in [6.45, 7) is 0. The fourth-order valence-corrected chi connectivity index (χ4v) is 3.39. The molecular weight excluding hydrogens is 306 g/mol. The Bertz CT molecular complexity index is 735. The SMILES string of the molecule is N#Cc1ccc(Br)cc1-c1cc2ccccc2s1. The minimum atomic E-state index is 0.713. The van der Waals surface area contributed by atoms with E-state index >= 15 is 0 Å². The van der Waals surface area contributed by atoms with Crippen LogP contribution >= 0.6 is 27.3 Å². The summed E-state index contributed by atoms with van der Waals surface area (Å²) in [4.78, 5) is 1.13. The molecule has 0 saturated carbocycles. The van der Waals surface area contributed by atoms with Crippen molar-refractivity contribution in [2.75, 3.05) is 0 Å². The van der Waals surface area contributed by atoms with Crippen LogP contribution in [-0.4, -0.2) is 0 Å². The van der Waals surface area contributed by atoms with Gasteiger partial charge in [-0.15, -0.1) is 11.3 Å². The molecule has 0 aliphatic rings. The Morgan fingerprint density at radius 1 is 1.06 bits per heavy atom. The lowest BCUT2D eigenvalue weighted by Crippen LogP contribution is -1.81. The van der Waals surface area contributed by atoms with E-state index in [2.05, 4.69) is 40.2 Å². The molecule has 0 atom stereocenters. The average molecular weight is 314 g/mol. The van der Waals surface area contributed by atoms with Crippen LogP contribution in [0.25, 0.3) is 20.5 Å². The molecule has 0 radical (unpaired) electrons. The summed E-state index contributed by atoms with van der Waals surface area (Å²) < 4.78 is 2.24. The normalized spacial score (nSPS) is 10.4. The lowest BCUT2D eigenvalue weighted by atomic mass is 10.1. The van der Waals surface area contributed by atoms with Gasteiger partial charge in [-0.2, -0.15) is 5.26 Å². The maximum Gasteiger partial charge on any atom is 0.0998 e. The zero-order valence-electron chi connectivity index (χ0n) is 9.35. The highest BCUT2D eigenvalue weighted by Gasteiger charge is 2.09. The number of benzene rings is 2. The zero-order valence-corrected chi connectivity index (χ0v) is 11.8. The molecule has 0 fully saturated rings. The summed E-state index contributed by atoms with van der Waals surface area (Å²) >= 11 is 5.18. The van der Waals surface area contributed by atoms with E-state index in [4.69, 9.17) is 0 Å². The summed E-state index contributed by atoms with van der Waals surface area (Å²) in [7, 11) is 0. The van der Waals surface area contributed by atoms with E-state index in [0.29, 0.717) is 5.56 Å². The van der Waals surface area contributed by atoms with E-state index in [0.717, 1.165) is 14.9 Å². The van der Waals surface area contributed by atoms with Crippen LogP contribution in [0.2, 0.25) is 0 Å². The van der Waals surface area contributed by atoms with Gasteiger partial charge < -0.3 is 0 Å². The highest BCUT2D eigenvalue weighted by atomic mass is 79.9. The van der Waals surface area contributed by atoms with E-state index < -0.39 is 0 Å². The summed E-state index contributed by atoms with van der Waals surface area (Å²) in [6, 6.07) is 18.4. The monoisotopic (exact) mass is 313 g/mol. The van der Waals surface area contributed by atoms with Crippen molar-refractivity contribution in [3.63, 3.8) is 0 Å². The second-order valence-corrected chi connectivity index (χ2v) is 5.95. The molecule has 86 valence electrons. The topological polar surface area (TPSA) is 23.8 Å². The van der Waals surface area contributed by atoms with Gasteiger partial charge in [0.1, 0.15) is 0 Å². The second-order valence-electron chi connectivity index (χ2n) is 3.95. The van der Waals surface area contributed by atoms with E-state index in [-0.39, 0.29) is 0 Å². The molecule has 1 heterocycles. The van der Waals surface area contributed by atoms with Crippen LogP contribution in [0.15, 0.2) is 53.0 Å². The van der Waals surface area contributed by atoms with Gasteiger partial charge in [-0.1, -0.05) is 34.1 Å². The van der Waals surface area contributed by atoms with E-state index in [1.165, 1.54) is 10.1 Å². The third-order valence-corrected chi connectivity index (χ3v) is 4.44. The molecule has 18 heavy (non-hydrogen) atoms. The summed E-state index contributed by atoms with van der Waals surface area (Å²) in [5.74, 6) is 0. The lowest BCUT2D eigenvalue weighted by Gasteiger charge is -2.01. The Labute approximate surface area is 117 Å². The van der Waals surface area contributed by atoms with Crippen molar-refractivity contribution in [3.8, 4) is 16.5 Å². The van der Waals surface area contributed by atoms with Gasteiger partial charge >= 0.3 is 0 Å². The van der Waals surface area contributed by atoms with Crippen molar-refractivity contribution in [1.82, 2.24) is 0 Å².